The second-order valence-electron chi connectivity index (χ2n) is 8.52. The molecule has 2 rings (SSSR count). The number of rotatable bonds is 2. The molecule has 0 bridgehead atoms. The fraction of sp³-hybridized carbons (Fsp3) is 0.409. The number of hydrogen-bond acceptors (Lipinski definition) is 3. The van der Waals surface area contributed by atoms with Gasteiger partial charge in [0.15, 0.2) is 5.78 Å². The molecular weight excluding hydrogens is 308 g/mol. The van der Waals surface area contributed by atoms with Crippen molar-refractivity contribution in [2.24, 2.45) is 21.1 Å². The van der Waals surface area contributed by atoms with Crippen LogP contribution in [-0.4, -0.2) is 5.78 Å². The zero-order valence-electron chi connectivity index (χ0n) is 16.3. The number of carbonyl (C=O) groups is 1. The Kier molecular flexibility index (Phi) is 5.26. The van der Waals surface area contributed by atoms with Gasteiger partial charge < -0.3 is 0 Å². The summed E-state index contributed by atoms with van der Waals surface area (Å²) in [6.07, 6.45) is 3.94. The summed E-state index contributed by atoms with van der Waals surface area (Å²) < 4.78 is 0. The topological polar surface area (TPSA) is 41.8 Å². The van der Waals surface area contributed by atoms with E-state index in [2.05, 4.69) is 51.8 Å². The lowest BCUT2D eigenvalue weighted by molar-refractivity contribution is -0.114. The molecule has 1 aliphatic carbocycles. The molecule has 1 aromatic rings. The van der Waals surface area contributed by atoms with E-state index >= 15 is 0 Å². The molecule has 0 heterocycles. The van der Waals surface area contributed by atoms with Gasteiger partial charge >= 0.3 is 0 Å². The molecule has 1 aliphatic rings. The van der Waals surface area contributed by atoms with E-state index in [0.29, 0.717) is 0 Å². The third kappa shape index (κ3) is 4.62. The average Bonchev–Trinajstić information content (AvgIpc) is 2.51. The third-order valence-corrected chi connectivity index (χ3v) is 4.19. The molecule has 0 unspecified atom stereocenters. The van der Waals surface area contributed by atoms with Gasteiger partial charge in [0.2, 0.25) is 0 Å². The highest BCUT2D eigenvalue weighted by molar-refractivity contribution is 6.11. The molecule has 0 amide bonds. The average molecular weight is 336 g/mol. The van der Waals surface area contributed by atoms with E-state index in [-0.39, 0.29) is 16.6 Å². The lowest BCUT2D eigenvalue weighted by atomic mass is 9.72. The summed E-state index contributed by atoms with van der Waals surface area (Å²) in [4.78, 5) is 13.0. The van der Waals surface area contributed by atoms with E-state index in [9.17, 15) is 4.79 Å². The van der Waals surface area contributed by atoms with Crippen LogP contribution in [0.3, 0.4) is 0 Å². The van der Waals surface area contributed by atoms with Gasteiger partial charge in [0.1, 0.15) is 0 Å². The van der Waals surface area contributed by atoms with Crippen molar-refractivity contribution in [2.75, 3.05) is 0 Å². The summed E-state index contributed by atoms with van der Waals surface area (Å²) >= 11 is 0. The van der Waals surface area contributed by atoms with Crippen LogP contribution in [0.25, 0.3) is 0 Å². The number of allylic oxidation sites excluding steroid dienone is 6. The summed E-state index contributed by atoms with van der Waals surface area (Å²) in [7, 11) is 0. The van der Waals surface area contributed by atoms with E-state index < -0.39 is 0 Å². The minimum atomic E-state index is -0.218. The number of hydrogen-bond donors (Lipinski definition) is 0. The summed E-state index contributed by atoms with van der Waals surface area (Å²) in [5.41, 5.74) is 3.78. The van der Waals surface area contributed by atoms with E-state index in [1.54, 1.807) is 0 Å². The van der Waals surface area contributed by atoms with E-state index in [1.165, 1.54) is 0 Å². The van der Waals surface area contributed by atoms with E-state index in [1.807, 2.05) is 49.4 Å². The van der Waals surface area contributed by atoms with Crippen LogP contribution in [0.2, 0.25) is 0 Å². The number of azo groups is 1. The number of nitrogens with zero attached hydrogens (tertiary/aromatic N) is 2. The molecule has 3 heteroatoms. The summed E-state index contributed by atoms with van der Waals surface area (Å²) in [6.45, 7) is 14.4. The molecule has 25 heavy (non-hydrogen) atoms. The van der Waals surface area contributed by atoms with Crippen LogP contribution in [0, 0.1) is 10.8 Å². The molecule has 0 fully saturated rings. The minimum absolute atomic E-state index is 0.136. The first kappa shape index (κ1) is 19.0. The first-order valence-corrected chi connectivity index (χ1v) is 8.67. The Labute approximate surface area is 151 Å². The monoisotopic (exact) mass is 336 g/mol. The maximum Gasteiger partial charge on any atom is 0.186 e. The number of ketones is 1. The van der Waals surface area contributed by atoms with Crippen molar-refractivity contribution in [1.82, 2.24) is 0 Å². The first-order chi connectivity index (χ1) is 11.5. The number of Topliss-reactive ketones (excluding diaryl/α,β-unsaturated/α-hetero) is 1. The zero-order valence-corrected chi connectivity index (χ0v) is 16.3. The number of carbonyl (C=O) groups excluding carboxylic acids is 1. The van der Waals surface area contributed by atoms with E-state index in [4.69, 9.17) is 0 Å². The van der Waals surface area contributed by atoms with Crippen molar-refractivity contribution in [3.8, 4) is 0 Å². The van der Waals surface area contributed by atoms with Gasteiger partial charge in [-0.05, 0) is 47.6 Å². The van der Waals surface area contributed by atoms with Gasteiger partial charge in [-0.1, -0.05) is 59.7 Å². The molecule has 0 spiro atoms. The first-order valence-electron chi connectivity index (χ1n) is 8.67. The van der Waals surface area contributed by atoms with Crippen LogP contribution < -0.4 is 0 Å². The van der Waals surface area contributed by atoms with Gasteiger partial charge in [-0.2, -0.15) is 10.2 Å². The molecule has 0 saturated heterocycles. The highest BCUT2D eigenvalue weighted by atomic mass is 16.1. The Morgan fingerprint density at radius 2 is 1.32 bits per heavy atom. The summed E-state index contributed by atoms with van der Waals surface area (Å²) in [6, 6.07) is 9.65. The fourth-order valence-corrected chi connectivity index (χ4v) is 2.64. The largest absolute Gasteiger partial charge is 0.289 e. The van der Waals surface area contributed by atoms with Crippen molar-refractivity contribution < 1.29 is 4.79 Å². The molecule has 0 saturated carbocycles. The van der Waals surface area contributed by atoms with Crippen molar-refractivity contribution in [1.29, 1.82) is 0 Å². The maximum absolute atomic E-state index is 13.0. The minimum Gasteiger partial charge on any atom is -0.289 e. The Morgan fingerprint density at radius 3 is 1.76 bits per heavy atom. The zero-order chi connectivity index (χ0) is 18.8. The van der Waals surface area contributed by atoms with Gasteiger partial charge in [-0.3, -0.25) is 4.79 Å². The Balaban J connectivity index is 2.52. The van der Waals surface area contributed by atoms with Gasteiger partial charge in [-0.25, -0.2) is 0 Å². The molecule has 0 atom stereocenters. The van der Waals surface area contributed by atoms with Gasteiger partial charge in [-0.15, -0.1) is 0 Å². The van der Waals surface area contributed by atoms with Gasteiger partial charge in [0.05, 0.1) is 11.4 Å². The molecule has 0 aromatic heterocycles. The van der Waals surface area contributed by atoms with Gasteiger partial charge in [0, 0.05) is 11.1 Å². The Hall–Kier alpha value is -2.29. The number of benzene rings is 1. The standard InChI is InChI=1S/C22H28N2O/c1-15(23-24-17-11-9-8-10-12-17)16-13-18(21(2,3)4)20(25)19(14-16)22(5,6)7/h8-14H,1-7H3. The van der Waals surface area contributed by atoms with Crippen molar-refractivity contribution in [3.63, 3.8) is 0 Å². The van der Waals surface area contributed by atoms with Crippen LogP contribution in [-0.2, 0) is 4.79 Å². The van der Waals surface area contributed by atoms with Gasteiger partial charge in [0.25, 0.3) is 0 Å². The predicted molar refractivity (Wildman–Crippen MR) is 104 cm³/mol. The molecule has 1 aromatic carbocycles. The normalized spacial score (nSPS) is 16.1. The summed E-state index contributed by atoms with van der Waals surface area (Å²) in [5.74, 6) is 0.136. The lowest BCUT2D eigenvalue weighted by Gasteiger charge is -2.31. The second kappa shape index (κ2) is 6.91. The summed E-state index contributed by atoms with van der Waals surface area (Å²) in [5, 5.41) is 8.68. The quantitative estimate of drug-likeness (QED) is 0.563. The molecular formula is C22H28N2O. The molecule has 132 valence electrons. The molecule has 3 nitrogen and oxygen atoms in total. The van der Waals surface area contributed by atoms with Crippen LogP contribution >= 0.6 is 0 Å². The molecule has 0 N–H and O–H groups in total. The van der Waals surface area contributed by atoms with Crippen molar-refractivity contribution in [3.05, 3.63) is 64.9 Å². The smallest absolute Gasteiger partial charge is 0.186 e. The Bertz CT molecular complexity index is 744. The third-order valence-electron chi connectivity index (χ3n) is 4.19. The lowest BCUT2D eigenvalue weighted by Crippen LogP contribution is -2.28. The fourth-order valence-electron chi connectivity index (χ4n) is 2.64. The second-order valence-corrected chi connectivity index (χ2v) is 8.52. The highest BCUT2D eigenvalue weighted by Crippen LogP contribution is 2.39. The SMILES string of the molecule is CC(N=Nc1ccccc1)=C1C=C(C(C)(C)C)C(=O)C(C(C)(C)C)=C1. The Morgan fingerprint density at radius 1 is 0.840 bits per heavy atom. The molecule has 0 radical (unpaired) electrons. The van der Waals surface area contributed by atoms with Crippen molar-refractivity contribution >= 4 is 11.5 Å². The van der Waals surface area contributed by atoms with Crippen molar-refractivity contribution in [2.45, 2.75) is 48.5 Å². The molecule has 0 aliphatic heterocycles. The van der Waals surface area contributed by atoms with Crippen LogP contribution in [0.5, 0.6) is 0 Å². The predicted octanol–water partition coefficient (Wildman–Crippen LogP) is 6.57. The maximum atomic E-state index is 13.0. The van der Waals surface area contributed by atoms with Crippen LogP contribution in [0.15, 0.2) is 75.1 Å². The van der Waals surface area contributed by atoms with E-state index in [0.717, 1.165) is 28.1 Å². The van der Waals surface area contributed by atoms with Crippen LogP contribution in [0.4, 0.5) is 5.69 Å². The van der Waals surface area contributed by atoms with Crippen LogP contribution in [0.1, 0.15) is 48.5 Å². The highest BCUT2D eigenvalue weighted by Gasteiger charge is 2.34.